The van der Waals surface area contributed by atoms with E-state index in [0.29, 0.717) is 0 Å². The van der Waals surface area contributed by atoms with E-state index in [4.69, 9.17) is 0 Å². The van der Waals surface area contributed by atoms with Crippen LogP contribution in [-0.4, -0.2) is 5.33 Å². The Morgan fingerprint density at radius 2 is 1.57 bits per heavy atom. The Kier molecular flexibility index (Phi) is 3.77. The van der Waals surface area contributed by atoms with Crippen LogP contribution in [0.1, 0.15) is 27.8 Å². The SMILES string of the molecule is Cc1cc(C)c(C)c(C#CCBr)c1C. The minimum Gasteiger partial charge on any atom is -0.0863 e. The number of halogens is 1. The molecule has 0 saturated heterocycles. The molecule has 0 spiro atoms. The fourth-order valence-corrected chi connectivity index (χ4v) is 1.67. The van der Waals surface area contributed by atoms with Crippen LogP contribution < -0.4 is 0 Å². The zero-order valence-corrected chi connectivity index (χ0v) is 10.7. The minimum absolute atomic E-state index is 0.735. The molecule has 0 nitrogen and oxygen atoms in total. The van der Waals surface area contributed by atoms with E-state index >= 15 is 0 Å². The van der Waals surface area contributed by atoms with E-state index in [1.807, 2.05) is 0 Å². The molecular formula is C13H15Br. The number of hydrogen-bond acceptors (Lipinski definition) is 0. The topological polar surface area (TPSA) is 0 Å². The van der Waals surface area contributed by atoms with Crippen molar-refractivity contribution in [2.45, 2.75) is 27.7 Å². The van der Waals surface area contributed by atoms with Crippen LogP contribution in [0.25, 0.3) is 0 Å². The maximum absolute atomic E-state index is 3.32. The van der Waals surface area contributed by atoms with E-state index < -0.39 is 0 Å². The summed E-state index contributed by atoms with van der Waals surface area (Å²) in [5.41, 5.74) is 6.46. The first kappa shape index (κ1) is 11.3. The van der Waals surface area contributed by atoms with Crippen LogP contribution in [0.15, 0.2) is 6.07 Å². The van der Waals surface area contributed by atoms with Crippen molar-refractivity contribution in [3.8, 4) is 11.8 Å². The van der Waals surface area contributed by atoms with Crippen molar-refractivity contribution in [2.75, 3.05) is 5.33 Å². The first-order valence-electron chi connectivity index (χ1n) is 4.70. The van der Waals surface area contributed by atoms with Gasteiger partial charge in [-0.15, -0.1) is 0 Å². The molecule has 1 heteroatoms. The average Bonchev–Trinajstić information content (AvgIpc) is 2.15. The fourth-order valence-electron chi connectivity index (χ4n) is 1.53. The molecule has 0 heterocycles. The molecule has 0 atom stereocenters. The minimum atomic E-state index is 0.735. The largest absolute Gasteiger partial charge is 0.0863 e. The van der Waals surface area contributed by atoms with Crippen LogP contribution in [-0.2, 0) is 0 Å². The number of aryl methyl sites for hydroxylation is 2. The van der Waals surface area contributed by atoms with Crippen molar-refractivity contribution >= 4 is 15.9 Å². The third-order valence-corrected chi connectivity index (χ3v) is 2.93. The molecule has 0 bridgehead atoms. The molecule has 0 aliphatic carbocycles. The van der Waals surface area contributed by atoms with Gasteiger partial charge in [-0.25, -0.2) is 0 Å². The molecule has 0 aliphatic heterocycles. The predicted octanol–water partition coefficient (Wildman–Crippen LogP) is 3.67. The lowest BCUT2D eigenvalue weighted by atomic mass is 9.95. The van der Waals surface area contributed by atoms with Gasteiger partial charge in [0.1, 0.15) is 0 Å². The highest BCUT2D eigenvalue weighted by Crippen LogP contribution is 2.20. The summed E-state index contributed by atoms with van der Waals surface area (Å²) < 4.78 is 0. The normalized spacial score (nSPS) is 9.50. The summed E-state index contributed by atoms with van der Waals surface area (Å²) in [5, 5.41) is 0.735. The van der Waals surface area contributed by atoms with Crippen LogP contribution in [0.2, 0.25) is 0 Å². The van der Waals surface area contributed by atoms with Gasteiger partial charge in [0, 0.05) is 5.56 Å². The van der Waals surface area contributed by atoms with E-state index in [1.165, 1.54) is 27.8 Å². The third-order valence-electron chi connectivity index (χ3n) is 2.65. The molecule has 1 aromatic carbocycles. The Morgan fingerprint density at radius 1 is 1.07 bits per heavy atom. The molecular weight excluding hydrogens is 236 g/mol. The Labute approximate surface area is 94.9 Å². The second kappa shape index (κ2) is 4.66. The molecule has 0 fully saturated rings. The molecule has 14 heavy (non-hydrogen) atoms. The van der Waals surface area contributed by atoms with Crippen molar-refractivity contribution in [3.05, 3.63) is 33.9 Å². The van der Waals surface area contributed by atoms with E-state index in [-0.39, 0.29) is 0 Å². The Hall–Kier alpha value is -0.740. The van der Waals surface area contributed by atoms with E-state index in [9.17, 15) is 0 Å². The highest BCUT2D eigenvalue weighted by atomic mass is 79.9. The summed E-state index contributed by atoms with van der Waals surface area (Å²) in [6, 6.07) is 2.23. The Bertz CT molecular complexity index is 379. The van der Waals surface area contributed by atoms with Crippen LogP contribution in [0.4, 0.5) is 0 Å². The van der Waals surface area contributed by atoms with E-state index in [2.05, 4.69) is 61.5 Å². The number of benzene rings is 1. The maximum Gasteiger partial charge on any atom is 0.0649 e. The molecule has 0 aromatic heterocycles. The number of rotatable bonds is 0. The molecule has 0 unspecified atom stereocenters. The smallest absolute Gasteiger partial charge is 0.0649 e. The Morgan fingerprint density at radius 3 is 2.00 bits per heavy atom. The summed E-state index contributed by atoms with van der Waals surface area (Å²) in [4.78, 5) is 0. The average molecular weight is 251 g/mol. The number of hydrogen-bond donors (Lipinski definition) is 0. The van der Waals surface area contributed by atoms with Crippen LogP contribution >= 0.6 is 15.9 Å². The zero-order valence-electron chi connectivity index (χ0n) is 9.16. The van der Waals surface area contributed by atoms with Gasteiger partial charge in [-0.2, -0.15) is 0 Å². The first-order chi connectivity index (χ1) is 6.57. The van der Waals surface area contributed by atoms with Gasteiger partial charge in [0.25, 0.3) is 0 Å². The third kappa shape index (κ3) is 2.19. The molecule has 0 aliphatic rings. The molecule has 0 saturated carbocycles. The highest BCUT2D eigenvalue weighted by molar-refractivity contribution is 9.09. The summed E-state index contributed by atoms with van der Waals surface area (Å²) in [6.45, 7) is 8.56. The lowest BCUT2D eigenvalue weighted by Crippen LogP contribution is -1.95. The van der Waals surface area contributed by atoms with Gasteiger partial charge < -0.3 is 0 Å². The lowest BCUT2D eigenvalue weighted by molar-refractivity contribution is 1.22. The summed E-state index contributed by atoms with van der Waals surface area (Å²) >= 11 is 3.32. The van der Waals surface area contributed by atoms with Gasteiger partial charge in [-0.1, -0.05) is 33.8 Å². The molecule has 0 radical (unpaired) electrons. The summed E-state index contributed by atoms with van der Waals surface area (Å²) in [7, 11) is 0. The van der Waals surface area contributed by atoms with Crippen molar-refractivity contribution in [1.29, 1.82) is 0 Å². The van der Waals surface area contributed by atoms with E-state index in [0.717, 1.165) is 5.33 Å². The first-order valence-corrected chi connectivity index (χ1v) is 5.82. The van der Waals surface area contributed by atoms with E-state index in [1.54, 1.807) is 0 Å². The quantitative estimate of drug-likeness (QED) is 0.487. The van der Waals surface area contributed by atoms with Crippen molar-refractivity contribution < 1.29 is 0 Å². The van der Waals surface area contributed by atoms with Gasteiger partial charge in [0.2, 0.25) is 0 Å². The van der Waals surface area contributed by atoms with Crippen molar-refractivity contribution in [3.63, 3.8) is 0 Å². The standard InChI is InChI=1S/C13H15Br/c1-9-8-10(2)12(4)13(11(9)3)6-5-7-14/h8H,7H2,1-4H3. The van der Waals surface area contributed by atoms with Crippen molar-refractivity contribution in [2.24, 2.45) is 0 Å². The van der Waals surface area contributed by atoms with Crippen LogP contribution in [0.3, 0.4) is 0 Å². The van der Waals surface area contributed by atoms with Crippen molar-refractivity contribution in [1.82, 2.24) is 0 Å². The molecule has 0 N–H and O–H groups in total. The second-order valence-corrected chi connectivity index (χ2v) is 4.13. The lowest BCUT2D eigenvalue weighted by Gasteiger charge is -2.10. The fraction of sp³-hybridized carbons (Fsp3) is 0.385. The second-order valence-electron chi connectivity index (χ2n) is 3.57. The van der Waals surface area contributed by atoms with Gasteiger partial charge in [-0.3, -0.25) is 0 Å². The van der Waals surface area contributed by atoms with Gasteiger partial charge >= 0.3 is 0 Å². The zero-order chi connectivity index (χ0) is 10.7. The molecule has 1 aromatic rings. The van der Waals surface area contributed by atoms with Gasteiger partial charge in [0.05, 0.1) is 5.33 Å². The van der Waals surface area contributed by atoms with Crippen LogP contribution in [0.5, 0.6) is 0 Å². The highest BCUT2D eigenvalue weighted by Gasteiger charge is 2.05. The predicted molar refractivity (Wildman–Crippen MR) is 66.1 cm³/mol. The van der Waals surface area contributed by atoms with Gasteiger partial charge in [-0.05, 0) is 49.9 Å². The maximum atomic E-state index is 3.32. The molecule has 0 amide bonds. The molecule has 74 valence electrons. The molecule has 1 rings (SSSR count). The Balaban J connectivity index is 3.39. The summed E-state index contributed by atoms with van der Waals surface area (Å²) in [5.74, 6) is 6.28. The number of alkyl halides is 1. The monoisotopic (exact) mass is 250 g/mol. The van der Waals surface area contributed by atoms with Crippen LogP contribution in [0, 0.1) is 39.5 Å². The summed E-state index contributed by atoms with van der Waals surface area (Å²) in [6.07, 6.45) is 0. The van der Waals surface area contributed by atoms with Gasteiger partial charge in [0.15, 0.2) is 0 Å².